The summed E-state index contributed by atoms with van der Waals surface area (Å²) >= 11 is 0. The quantitative estimate of drug-likeness (QED) is 0.884. The molecule has 2 saturated heterocycles. The lowest BCUT2D eigenvalue weighted by Gasteiger charge is -2.17. The Bertz CT molecular complexity index is 757. The number of ether oxygens (including phenoxy) is 2. The molecule has 4 rings (SSSR count). The van der Waals surface area contributed by atoms with Gasteiger partial charge in [-0.1, -0.05) is 30.3 Å². The molecule has 5 heteroatoms. The lowest BCUT2D eigenvalue weighted by molar-refractivity contribution is 0.0679. The second-order valence-electron chi connectivity index (χ2n) is 7.36. The maximum atomic E-state index is 12.9. The summed E-state index contributed by atoms with van der Waals surface area (Å²) in [5, 5.41) is 0. The van der Waals surface area contributed by atoms with E-state index in [0.717, 1.165) is 25.2 Å². The predicted octanol–water partition coefficient (Wildman–Crippen LogP) is 2.81. The Morgan fingerprint density at radius 2 is 1.89 bits per heavy atom. The molecule has 2 aromatic carbocycles. The third kappa shape index (κ3) is 4.15. The Hall–Kier alpha value is -2.37. The van der Waals surface area contributed by atoms with Crippen molar-refractivity contribution in [2.45, 2.75) is 30.9 Å². The van der Waals surface area contributed by atoms with Crippen LogP contribution in [0.4, 0.5) is 0 Å². The molecule has 3 atom stereocenters. The Morgan fingerprint density at radius 1 is 1.11 bits per heavy atom. The number of carbonyl (C=O) groups excluding carboxylic acids is 1. The Kier molecular flexibility index (Phi) is 5.41. The Labute approximate surface area is 160 Å². The van der Waals surface area contributed by atoms with Crippen molar-refractivity contribution >= 4 is 5.91 Å². The number of hydrogen-bond donors (Lipinski definition) is 1. The van der Waals surface area contributed by atoms with Crippen molar-refractivity contribution in [2.75, 3.05) is 26.3 Å². The fraction of sp³-hybridized carbons (Fsp3) is 0.409. The van der Waals surface area contributed by atoms with E-state index in [4.69, 9.17) is 15.2 Å². The number of nitrogens with two attached hydrogens (primary N) is 1. The molecule has 27 heavy (non-hydrogen) atoms. The van der Waals surface area contributed by atoms with E-state index < -0.39 is 0 Å². The average molecular weight is 366 g/mol. The molecule has 2 aliphatic rings. The van der Waals surface area contributed by atoms with E-state index in [9.17, 15) is 4.79 Å². The summed E-state index contributed by atoms with van der Waals surface area (Å²) in [4.78, 5) is 14.7. The molecule has 1 amide bonds. The van der Waals surface area contributed by atoms with Crippen LogP contribution in [-0.4, -0.2) is 49.3 Å². The highest BCUT2D eigenvalue weighted by Gasteiger charge is 2.34. The van der Waals surface area contributed by atoms with Crippen LogP contribution >= 0.6 is 0 Å². The molecule has 0 spiro atoms. The molecule has 5 nitrogen and oxygen atoms in total. The van der Waals surface area contributed by atoms with Crippen LogP contribution in [0.2, 0.25) is 0 Å². The molecular weight excluding hydrogens is 340 g/mol. The van der Waals surface area contributed by atoms with Crippen molar-refractivity contribution in [3.63, 3.8) is 0 Å². The molecule has 1 unspecified atom stereocenters. The van der Waals surface area contributed by atoms with Crippen LogP contribution in [-0.2, 0) is 4.74 Å². The van der Waals surface area contributed by atoms with Crippen LogP contribution in [0.1, 0.15) is 34.7 Å². The SMILES string of the molecule is N[C@@H]1CN(C(=O)c2ccc(OCC3CCCO3)cc2)C[C@H]1c1ccccc1. The van der Waals surface area contributed by atoms with E-state index in [-0.39, 0.29) is 24.0 Å². The molecule has 0 bridgehead atoms. The fourth-order valence-electron chi connectivity index (χ4n) is 3.89. The van der Waals surface area contributed by atoms with Gasteiger partial charge in [-0.25, -0.2) is 0 Å². The Balaban J connectivity index is 1.36. The van der Waals surface area contributed by atoms with E-state index in [0.29, 0.717) is 25.3 Å². The fourth-order valence-corrected chi connectivity index (χ4v) is 3.89. The van der Waals surface area contributed by atoms with Gasteiger partial charge in [0.05, 0.1) is 6.10 Å². The predicted molar refractivity (Wildman–Crippen MR) is 104 cm³/mol. The third-order valence-corrected chi connectivity index (χ3v) is 5.44. The summed E-state index contributed by atoms with van der Waals surface area (Å²) in [6.45, 7) is 2.62. The molecule has 2 N–H and O–H groups in total. The van der Waals surface area contributed by atoms with Crippen LogP contribution in [0.5, 0.6) is 5.75 Å². The number of benzene rings is 2. The average Bonchev–Trinajstić information content (AvgIpc) is 3.36. The summed E-state index contributed by atoms with van der Waals surface area (Å²) in [6, 6.07) is 17.5. The highest BCUT2D eigenvalue weighted by molar-refractivity contribution is 5.94. The van der Waals surface area contributed by atoms with Gasteiger partial charge in [0.2, 0.25) is 0 Å². The number of carbonyl (C=O) groups is 1. The van der Waals surface area contributed by atoms with Crippen LogP contribution in [0.25, 0.3) is 0 Å². The molecule has 0 saturated carbocycles. The van der Waals surface area contributed by atoms with Crippen molar-refractivity contribution in [2.24, 2.45) is 5.73 Å². The summed E-state index contributed by atoms with van der Waals surface area (Å²) in [5.41, 5.74) is 8.17. The number of hydrogen-bond acceptors (Lipinski definition) is 4. The molecular formula is C22H26N2O3. The Morgan fingerprint density at radius 3 is 2.59 bits per heavy atom. The minimum atomic E-state index is -0.0367. The number of likely N-dealkylation sites (tertiary alicyclic amines) is 1. The van der Waals surface area contributed by atoms with Gasteiger partial charge in [-0.15, -0.1) is 0 Å². The van der Waals surface area contributed by atoms with Gasteiger partial charge in [0.1, 0.15) is 12.4 Å². The normalized spacial score (nSPS) is 24.9. The van der Waals surface area contributed by atoms with Crippen LogP contribution in [0, 0.1) is 0 Å². The summed E-state index contributed by atoms with van der Waals surface area (Å²) in [7, 11) is 0. The molecule has 0 aliphatic carbocycles. The molecule has 142 valence electrons. The zero-order chi connectivity index (χ0) is 18.6. The number of amides is 1. The summed E-state index contributed by atoms with van der Waals surface area (Å²) in [5.74, 6) is 0.973. The van der Waals surface area contributed by atoms with E-state index in [2.05, 4.69) is 12.1 Å². The molecule has 0 aromatic heterocycles. The number of rotatable bonds is 5. The van der Waals surface area contributed by atoms with E-state index in [1.54, 1.807) is 0 Å². The first kappa shape index (κ1) is 18.0. The van der Waals surface area contributed by atoms with Crippen molar-refractivity contribution in [1.82, 2.24) is 4.90 Å². The highest BCUT2D eigenvalue weighted by atomic mass is 16.5. The van der Waals surface area contributed by atoms with Crippen molar-refractivity contribution < 1.29 is 14.3 Å². The maximum absolute atomic E-state index is 12.9. The van der Waals surface area contributed by atoms with Crippen LogP contribution in [0.3, 0.4) is 0 Å². The molecule has 0 radical (unpaired) electrons. The van der Waals surface area contributed by atoms with Gasteiger partial charge in [-0.05, 0) is 42.7 Å². The van der Waals surface area contributed by atoms with Gasteiger partial charge in [0, 0.05) is 37.2 Å². The van der Waals surface area contributed by atoms with Crippen LogP contribution in [0.15, 0.2) is 54.6 Å². The van der Waals surface area contributed by atoms with E-state index >= 15 is 0 Å². The summed E-state index contributed by atoms with van der Waals surface area (Å²) < 4.78 is 11.3. The summed E-state index contributed by atoms with van der Waals surface area (Å²) in [6.07, 6.45) is 2.34. The standard InChI is InChI=1S/C22H26N2O3/c23-21-14-24(13-20(21)16-5-2-1-3-6-16)22(25)17-8-10-18(11-9-17)27-15-19-7-4-12-26-19/h1-3,5-6,8-11,19-21H,4,7,12-15,23H2/t19?,20-,21+/m0/s1. The topological polar surface area (TPSA) is 64.8 Å². The number of nitrogens with zero attached hydrogens (tertiary/aromatic N) is 1. The zero-order valence-corrected chi connectivity index (χ0v) is 15.4. The second kappa shape index (κ2) is 8.11. The minimum absolute atomic E-state index is 0.0227. The maximum Gasteiger partial charge on any atom is 0.253 e. The molecule has 2 heterocycles. The lowest BCUT2D eigenvalue weighted by Crippen LogP contribution is -2.32. The third-order valence-electron chi connectivity index (χ3n) is 5.44. The first-order chi connectivity index (χ1) is 13.2. The lowest BCUT2D eigenvalue weighted by atomic mass is 9.95. The van der Waals surface area contributed by atoms with Gasteiger partial charge in [0.15, 0.2) is 0 Å². The monoisotopic (exact) mass is 366 g/mol. The van der Waals surface area contributed by atoms with Crippen LogP contribution < -0.4 is 10.5 Å². The minimum Gasteiger partial charge on any atom is -0.491 e. The van der Waals surface area contributed by atoms with E-state index in [1.807, 2.05) is 47.4 Å². The molecule has 2 fully saturated rings. The van der Waals surface area contributed by atoms with Gasteiger partial charge in [-0.3, -0.25) is 4.79 Å². The van der Waals surface area contributed by atoms with E-state index in [1.165, 1.54) is 5.56 Å². The second-order valence-corrected chi connectivity index (χ2v) is 7.36. The smallest absolute Gasteiger partial charge is 0.253 e. The van der Waals surface area contributed by atoms with Gasteiger partial charge >= 0.3 is 0 Å². The van der Waals surface area contributed by atoms with Crippen molar-refractivity contribution in [3.05, 3.63) is 65.7 Å². The van der Waals surface area contributed by atoms with Crippen molar-refractivity contribution in [3.8, 4) is 5.75 Å². The van der Waals surface area contributed by atoms with Crippen molar-refractivity contribution in [1.29, 1.82) is 0 Å². The zero-order valence-electron chi connectivity index (χ0n) is 15.4. The van der Waals surface area contributed by atoms with Gasteiger partial charge < -0.3 is 20.1 Å². The van der Waals surface area contributed by atoms with Gasteiger partial charge in [-0.2, -0.15) is 0 Å². The molecule has 2 aromatic rings. The first-order valence-corrected chi connectivity index (χ1v) is 9.65. The highest BCUT2D eigenvalue weighted by Crippen LogP contribution is 2.27. The first-order valence-electron chi connectivity index (χ1n) is 9.65. The molecule has 2 aliphatic heterocycles. The van der Waals surface area contributed by atoms with Gasteiger partial charge in [0.25, 0.3) is 5.91 Å². The largest absolute Gasteiger partial charge is 0.491 e.